The number of nitriles is 1. The molecule has 0 saturated carbocycles. The number of pyridine rings is 1. The number of anilines is 1. The van der Waals surface area contributed by atoms with Crippen molar-refractivity contribution in [2.45, 2.75) is 11.4 Å². The molecule has 0 aliphatic carbocycles. The number of amides is 1. The molecule has 0 spiro atoms. The van der Waals surface area contributed by atoms with Crippen LogP contribution in [0.5, 0.6) is 17.2 Å². The summed E-state index contributed by atoms with van der Waals surface area (Å²) in [6.45, 7) is 0. The van der Waals surface area contributed by atoms with Gasteiger partial charge in [0, 0.05) is 34.2 Å². The molecule has 0 aliphatic heterocycles. The van der Waals surface area contributed by atoms with Gasteiger partial charge in [-0.3, -0.25) is 4.79 Å². The number of carbonyl (C=O) groups excluding carboxylic acids is 1. The Morgan fingerprint density at radius 1 is 0.860 bits per heavy atom. The van der Waals surface area contributed by atoms with Crippen LogP contribution in [0.3, 0.4) is 0 Å². The minimum atomic E-state index is -0.163. The topological polar surface area (TPSA) is 106 Å². The molecule has 0 saturated heterocycles. The molecule has 8 nitrogen and oxygen atoms in total. The molecular weight excluding hydrogens is 581 g/mol. The summed E-state index contributed by atoms with van der Waals surface area (Å²) in [5.74, 6) is 1.66. The predicted molar refractivity (Wildman–Crippen MR) is 171 cm³/mol. The average Bonchev–Trinajstić information content (AvgIpc) is 3.52. The lowest BCUT2D eigenvalue weighted by Crippen LogP contribution is -2.12. The summed E-state index contributed by atoms with van der Waals surface area (Å²) in [5.41, 5.74) is 5.18. The SMILES string of the molecule is COc1cc(-c2cc(-c3ccccc3)nc(SCCC(=O)Nc3nc(-c4ccccc4)cs3)c2C#N)cc(OC)c1OC. The number of benzene rings is 3. The minimum absolute atomic E-state index is 0.163. The van der Waals surface area contributed by atoms with Gasteiger partial charge in [0.2, 0.25) is 11.7 Å². The fraction of sp³-hybridized carbons (Fsp3) is 0.152. The van der Waals surface area contributed by atoms with Crippen LogP contribution in [0.4, 0.5) is 5.13 Å². The smallest absolute Gasteiger partial charge is 0.226 e. The Balaban J connectivity index is 1.41. The van der Waals surface area contributed by atoms with Gasteiger partial charge >= 0.3 is 0 Å². The highest BCUT2D eigenvalue weighted by Crippen LogP contribution is 2.43. The first-order valence-electron chi connectivity index (χ1n) is 13.3. The molecule has 5 aromatic rings. The fourth-order valence-corrected chi connectivity index (χ4v) is 6.13. The second-order valence-electron chi connectivity index (χ2n) is 9.18. The number of thiazole rings is 1. The number of carbonyl (C=O) groups is 1. The second kappa shape index (κ2) is 13.9. The third-order valence-corrected chi connectivity index (χ3v) is 8.27. The van der Waals surface area contributed by atoms with Crippen molar-refractivity contribution < 1.29 is 19.0 Å². The zero-order valence-corrected chi connectivity index (χ0v) is 25.4. The highest BCUT2D eigenvalue weighted by molar-refractivity contribution is 7.99. The van der Waals surface area contributed by atoms with E-state index in [1.54, 1.807) is 21.3 Å². The van der Waals surface area contributed by atoms with Gasteiger partial charge in [0.1, 0.15) is 11.1 Å². The summed E-state index contributed by atoms with van der Waals surface area (Å²) < 4.78 is 16.6. The number of thioether (sulfide) groups is 1. The van der Waals surface area contributed by atoms with E-state index in [-0.39, 0.29) is 12.3 Å². The Kier molecular flexibility index (Phi) is 9.56. The molecule has 5 rings (SSSR count). The van der Waals surface area contributed by atoms with E-state index in [1.165, 1.54) is 23.1 Å². The summed E-state index contributed by atoms with van der Waals surface area (Å²) in [5, 5.41) is 16.2. The lowest BCUT2D eigenvalue weighted by atomic mass is 9.98. The molecular formula is C33H28N4O4S2. The number of rotatable bonds is 11. The molecule has 0 aliphatic rings. The van der Waals surface area contributed by atoms with E-state index in [1.807, 2.05) is 84.2 Å². The molecule has 2 aromatic heterocycles. The molecule has 10 heteroatoms. The summed E-state index contributed by atoms with van der Waals surface area (Å²) in [4.78, 5) is 22.2. The number of hydrogen-bond acceptors (Lipinski definition) is 9. The minimum Gasteiger partial charge on any atom is -0.493 e. The van der Waals surface area contributed by atoms with E-state index in [2.05, 4.69) is 16.4 Å². The standard InChI is InChI=1S/C33H28N4O4S2/c1-39-28-16-23(17-29(40-2)31(28)41-3)24-18-26(21-10-6-4-7-11-21)35-32(25(24)19-34)42-15-14-30(38)37-33-36-27(20-43-33)22-12-8-5-9-13-22/h4-13,16-18,20H,14-15H2,1-3H3,(H,36,37,38). The van der Waals surface area contributed by atoms with Crippen molar-refractivity contribution in [3.8, 4) is 57.0 Å². The third-order valence-electron chi connectivity index (χ3n) is 6.53. The van der Waals surface area contributed by atoms with Crippen molar-refractivity contribution in [3.63, 3.8) is 0 Å². The molecule has 0 atom stereocenters. The Morgan fingerprint density at radius 2 is 1.49 bits per heavy atom. The number of nitrogens with zero attached hydrogens (tertiary/aromatic N) is 3. The van der Waals surface area contributed by atoms with Crippen LogP contribution in [0, 0.1) is 11.3 Å². The van der Waals surface area contributed by atoms with Crippen LogP contribution in [-0.4, -0.2) is 43.0 Å². The summed E-state index contributed by atoms with van der Waals surface area (Å²) in [6, 6.07) is 27.4. The van der Waals surface area contributed by atoms with Crippen molar-refractivity contribution in [1.29, 1.82) is 5.26 Å². The van der Waals surface area contributed by atoms with Gasteiger partial charge in [-0.15, -0.1) is 23.1 Å². The van der Waals surface area contributed by atoms with Crippen LogP contribution in [0.1, 0.15) is 12.0 Å². The zero-order chi connectivity index (χ0) is 30.2. The Labute approximate surface area is 258 Å². The first kappa shape index (κ1) is 29.6. The maximum atomic E-state index is 12.8. The molecule has 0 fully saturated rings. The van der Waals surface area contributed by atoms with E-state index < -0.39 is 0 Å². The summed E-state index contributed by atoms with van der Waals surface area (Å²) >= 11 is 2.74. The van der Waals surface area contributed by atoms with Gasteiger partial charge in [-0.1, -0.05) is 60.7 Å². The molecule has 3 aromatic carbocycles. The molecule has 2 heterocycles. The lowest BCUT2D eigenvalue weighted by Gasteiger charge is -2.16. The van der Waals surface area contributed by atoms with Crippen LogP contribution in [0.25, 0.3) is 33.6 Å². The average molecular weight is 609 g/mol. The van der Waals surface area contributed by atoms with Crippen molar-refractivity contribution in [1.82, 2.24) is 9.97 Å². The van der Waals surface area contributed by atoms with Gasteiger partial charge in [0.05, 0.1) is 38.3 Å². The monoisotopic (exact) mass is 608 g/mol. The van der Waals surface area contributed by atoms with Crippen LogP contribution >= 0.6 is 23.1 Å². The van der Waals surface area contributed by atoms with Crippen molar-refractivity contribution >= 4 is 34.1 Å². The van der Waals surface area contributed by atoms with E-state index in [4.69, 9.17) is 19.2 Å². The second-order valence-corrected chi connectivity index (χ2v) is 11.1. The number of hydrogen-bond donors (Lipinski definition) is 1. The van der Waals surface area contributed by atoms with E-state index in [0.29, 0.717) is 55.5 Å². The van der Waals surface area contributed by atoms with E-state index >= 15 is 0 Å². The number of ether oxygens (including phenoxy) is 3. The fourth-order valence-electron chi connectivity index (χ4n) is 4.45. The molecule has 43 heavy (non-hydrogen) atoms. The Hall–Kier alpha value is -4.85. The maximum Gasteiger partial charge on any atom is 0.226 e. The van der Waals surface area contributed by atoms with Gasteiger partial charge in [0.25, 0.3) is 0 Å². The van der Waals surface area contributed by atoms with E-state index in [0.717, 1.165) is 16.8 Å². The van der Waals surface area contributed by atoms with Crippen LogP contribution < -0.4 is 19.5 Å². The van der Waals surface area contributed by atoms with Crippen molar-refractivity contribution in [2.75, 3.05) is 32.4 Å². The van der Waals surface area contributed by atoms with Crippen LogP contribution in [0.15, 0.2) is 89.3 Å². The third kappa shape index (κ3) is 6.80. The number of nitrogens with one attached hydrogen (secondary N) is 1. The molecule has 1 N–H and O–H groups in total. The van der Waals surface area contributed by atoms with Gasteiger partial charge in [-0.2, -0.15) is 5.26 Å². The maximum absolute atomic E-state index is 12.8. The first-order valence-corrected chi connectivity index (χ1v) is 15.2. The van der Waals surface area contributed by atoms with Crippen molar-refractivity contribution in [3.05, 3.63) is 89.8 Å². The number of aromatic nitrogens is 2. The van der Waals surface area contributed by atoms with Gasteiger partial charge in [0.15, 0.2) is 16.6 Å². The van der Waals surface area contributed by atoms with Gasteiger partial charge in [-0.05, 0) is 23.8 Å². The summed E-state index contributed by atoms with van der Waals surface area (Å²) in [6.07, 6.45) is 0.215. The normalized spacial score (nSPS) is 10.6. The Bertz CT molecular complexity index is 1740. The lowest BCUT2D eigenvalue weighted by molar-refractivity contribution is -0.115. The van der Waals surface area contributed by atoms with Gasteiger partial charge < -0.3 is 19.5 Å². The van der Waals surface area contributed by atoms with Gasteiger partial charge in [-0.25, -0.2) is 9.97 Å². The quantitative estimate of drug-likeness (QED) is 0.153. The molecule has 0 bridgehead atoms. The molecule has 1 amide bonds. The molecule has 0 unspecified atom stereocenters. The summed E-state index contributed by atoms with van der Waals surface area (Å²) in [7, 11) is 4.64. The van der Waals surface area contributed by atoms with E-state index in [9.17, 15) is 10.1 Å². The highest BCUT2D eigenvalue weighted by atomic mass is 32.2. The predicted octanol–water partition coefficient (Wildman–Crippen LogP) is 7.56. The molecule has 216 valence electrons. The first-order chi connectivity index (χ1) is 21.0. The largest absolute Gasteiger partial charge is 0.493 e. The number of methoxy groups -OCH3 is 3. The van der Waals surface area contributed by atoms with Crippen LogP contribution in [0.2, 0.25) is 0 Å². The Morgan fingerprint density at radius 3 is 2.07 bits per heavy atom. The zero-order valence-electron chi connectivity index (χ0n) is 23.8. The van der Waals surface area contributed by atoms with Crippen molar-refractivity contribution in [2.24, 2.45) is 0 Å². The van der Waals surface area contributed by atoms with Crippen LogP contribution in [-0.2, 0) is 4.79 Å². The molecule has 0 radical (unpaired) electrons. The highest BCUT2D eigenvalue weighted by Gasteiger charge is 2.20.